The Morgan fingerprint density at radius 3 is 2.44 bits per heavy atom. The molecule has 0 atom stereocenters. The predicted octanol–water partition coefficient (Wildman–Crippen LogP) is 3.16. The molecule has 3 aromatic rings. The van der Waals surface area contributed by atoms with Crippen LogP contribution >= 0.6 is 11.8 Å². The van der Waals surface area contributed by atoms with Gasteiger partial charge in [-0.3, -0.25) is 4.79 Å². The van der Waals surface area contributed by atoms with Gasteiger partial charge in [0, 0.05) is 10.6 Å². The lowest BCUT2D eigenvalue weighted by Gasteiger charge is -2.07. The molecule has 25 heavy (non-hydrogen) atoms. The van der Waals surface area contributed by atoms with Crippen molar-refractivity contribution in [3.05, 3.63) is 60.4 Å². The first-order valence-electron chi connectivity index (χ1n) is 7.27. The van der Waals surface area contributed by atoms with Crippen LogP contribution in [0.1, 0.15) is 5.56 Å². The number of tetrazole rings is 1. The fourth-order valence-corrected chi connectivity index (χ4v) is 2.66. The van der Waals surface area contributed by atoms with Gasteiger partial charge in [0.05, 0.1) is 12.1 Å². The van der Waals surface area contributed by atoms with Gasteiger partial charge in [0.15, 0.2) is 0 Å². The third-order valence-electron chi connectivity index (χ3n) is 3.28. The fourth-order valence-electron chi connectivity index (χ4n) is 2.16. The number of hydrogen-bond acceptors (Lipinski definition) is 5. The van der Waals surface area contributed by atoms with Gasteiger partial charge in [-0.1, -0.05) is 23.9 Å². The highest BCUT2D eigenvalue weighted by molar-refractivity contribution is 7.99. The standard InChI is InChI=1S/C16H13F2N5OS/c17-16(18)25-14-7-3-12(4-8-14)20-15(24)9-11-1-5-13(6-2-11)23-10-19-21-22-23/h1-8,10,16H,9H2,(H,20,24). The molecule has 0 spiro atoms. The number of carbonyl (C=O) groups excluding carboxylic acids is 1. The van der Waals surface area contributed by atoms with Crippen molar-refractivity contribution in [2.45, 2.75) is 17.1 Å². The molecule has 0 aliphatic carbocycles. The van der Waals surface area contributed by atoms with Gasteiger partial charge in [0.1, 0.15) is 6.33 Å². The van der Waals surface area contributed by atoms with Gasteiger partial charge in [-0.2, -0.15) is 8.78 Å². The Bertz CT molecular complexity index is 823. The summed E-state index contributed by atoms with van der Waals surface area (Å²) in [5.74, 6) is -2.65. The molecule has 0 saturated heterocycles. The van der Waals surface area contributed by atoms with Crippen molar-refractivity contribution in [2.24, 2.45) is 0 Å². The van der Waals surface area contributed by atoms with E-state index in [0.29, 0.717) is 22.3 Å². The van der Waals surface area contributed by atoms with E-state index in [9.17, 15) is 13.6 Å². The van der Waals surface area contributed by atoms with Gasteiger partial charge >= 0.3 is 0 Å². The molecular weight excluding hydrogens is 348 g/mol. The summed E-state index contributed by atoms with van der Waals surface area (Å²) in [6, 6.07) is 13.6. The second-order valence-corrected chi connectivity index (χ2v) is 6.11. The van der Waals surface area contributed by atoms with Crippen LogP contribution in [0.15, 0.2) is 59.8 Å². The number of nitrogens with one attached hydrogen (secondary N) is 1. The third-order valence-corrected chi connectivity index (χ3v) is 4.00. The smallest absolute Gasteiger partial charge is 0.288 e. The SMILES string of the molecule is O=C(Cc1ccc(-n2cnnn2)cc1)Nc1ccc(SC(F)F)cc1. The largest absolute Gasteiger partial charge is 0.326 e. The fraction of sp³-hybridized carbons (Fsp3) is 0.125. The maximum Gasteiger partial charge on any atom is 0.288 e. The highest BCUT2D eigenvalue weighted by Gasteiger charge is 2.07. The zero-order valence-electron chi connectivity index (χ0n) is 12.8. The van der Waals surface area contributed by atoms with Crippen LogP contribution in [0.5, 0.6) is 0 Å². The second kappa shape index (κ2) is 7.84. The average Bonchev–Trinajstić information content (AvgIpc) is 3.11. The molecule has 0 aliphatic heterocycles. The van der Waals surface area contributed by atoms with E-state index in [4.69, 9.17) is 0 Å². The number of amides is 1. The molecule has 0 saturated carbocycles. The van der Waals surface area contributed by atoms with Crippen molar-refractivity contribution in [1.29, 1.82) is 0 Å². The number of rotatable bonds is 6. The molecule has 0 unspecified atom stereocenters. The van der Waals surface area contributed by atoms with E-state index < -0.39 is 5.76 Å². The number of aromatic nitrogens is 4. The first kappa shape index (κ1) is 17.0. The van der Waals surface area contributed by atoms with Crippen LogP contribution in [0.4, 0.5) is 14.5 Å². The highest BCUT2D eigenvalue weighted by atomic mass is 32.2. The lowest BCUT2D eigenvalue weighted by atomic mass is 10.1. The molecule has 6 nitrogen and oxygen atoms in total. The van der Waals surface area contributed by atoms with Gasteiger partial charge in [-0.05, 0) is 52.4 Å². The molecule has 0 bridgehead atoms. The van der Waals surface area contributed by atoms with Crippen molar-refractivity contribution in [3.8, 4) is 5.69 Å². The summed E-state index contributed by atoms with van der Waals surface area (Å²) in [7, 11) is 0. The van der Waals surface area contributed by atoms with Gasteiger partial charge in [-0.25, -0.2) is 4.68 Å². The molecule has 1 aromatic heterocycles. The van der Waals surface area contributed by atoms with Crippen molar-refractivity contribution >= 4 is 23.4 Å². The van der Waals surface area contributed by atoms with Crippen molar-refractivity contribution in [1.82, 2.24) is 20.2 Å². The minimum absolute atomic E-state index is 0.190. The second-order valence-electron chi connectivity index (χ2n) is 5.05. The van der Waals surface area contributed by atoms with Crippen LogP contribution in [-0.4, -0.2) is 31.9 Å². The van der Waals surface area contributed by atoms with E-state index in [-0.39, 0.29) is 12.3 Å². The van der Waals surface area contributed by atoms with Gasteiger partial charge in [-0.15, -0.1) is 5.10 Å². The molecule has 128 valence electrons. The molecule has 3 rings (SSSR count). The Hall–Kier alpha value is -2.81. The molecular formula is C16H13F2N5OS. The summed E-state index contributed by atoms with van der Waals surface area (Å²) >= 11 is 0.467. The number of hydrogen-bond donors (Lipinski definition) is 1. The minimum Gasteiger partial charge on any atom is -0.326 e. The monoisotopic (exact) mass is 361 g/mol. The van der Waals surface area contributed by atoms with Gasteiger partial charge < -0.3 is 5.32 Å². The van der Waals surface area contributed by atoms with Crippen LogP contribution < -0.4 is 5.32 Å². The van der Waals surface area contributed by atoms with E-state index in [1.54, 1.807) is 24.3 Å². The number of alkyl halides is 2. The summed E-state index contributed by atoms with van der Waals surface area (Å²) in [5, 5.41) is 13.7. The number of halogens is 2. The lowest BCUT2D eigenvalue weighted by molar-refractivity contribution is -0.115. The summed E-state index contributed by atoms with van der Waals surface area (Å²) in [6.45, 7) is 0. The number of thioether (sulfide) groups is 1. The molecule has 2 aromatic carbocycles. The normalized spacial score (nSPS) is 10.8. The summed E-state index contributed by atoms with van der Waals surface area (Å²) in [4.78, 5) is 12.5. The van der Waals surface area contributed by atoms with E-state index in [1.165, 1.54) is 11.0 Å². The van der Waals surface area contributed by atoms with E-state index in [2.05, 4.69) is 20.8 Å². The molecule has 9 heteroatoms. The maximum absolute atomic E-state index is 12.3. The number of benzene rings is 2. The van der Waals surface area contributed by atoms with Crippen LogP contribution in [-0.2, 0) is 11.2 Å². The third kappa shape index (κ3) is 4.83. The van der Waals surface area contributed by atoms with Crippen molar-refractivity contribution in [2.75, 3.05) is 5.32 Å². The molecule has 0 aliphatic rings. The van der Waals surface area contributed by atoms with E-state index >= 15 is 0 Å². The number of nitrogens with zero attached hydrogens (tertiary/aromatic N) is 4. The first-order chi connectivity index (χ1) is 12.1. The molecule has 0 fully saturated rings. The first-order valence-corrected chi connectivity index (χ1v) is 8.15. The number of anilines is 1. The minimum atomic E-state index is -2.46. The van der Waals surface area contributed by atoms with Crippen LogP contribution in [0.2, 0.25) is 0 Å². The number of carbonyl (C=O) groups is 1. The lowest BCUT2D eigenvalue weighted by Crippen LogP contribution is -2.14. The topological polar surface area (TPSA) is 72.7 Å². The Morgan fingerprint density at radius 1 is 1.12 bits per heavy atom. The molecule has 1 heterocycles. The predicted molar refractivity (Wildman–Crippen MR) is 89.8 cm³/mol. The zero-order chi connectivity index (χ0) is 17.6. The maximum atomic E-state index is 12.3. The Kier molecular flexibility index (Phi) is 5.34. The van der Waals surface area contributed by atoms with Crippen molar-refractivity contribution in [3.63, 3.8) is 0 Å². The van der Waals surface area contributed by atoms with Crippen LogP contribution in [0.25, 0.3) is 5.69 Å². The molecule has 0 radical (unpaired) electrons. The van der Waals surface area contributed by atoms with Gasteiger partial charge in [0.2, 0.25) is 5.91 Å². The van der Waals surface area contributed by atoms with Gasteiger partial charge in [0.25, 0.3) is 5.76 Å². The highest BCUT2D eigenvalue weighted by Crippen LogP contribution is 2.26. The van der Waals surface area contributed by atoms with Crippen LogP contribution in [0.3, 0.4) is 0 Å². The summed E-state index contributed by atoms with van der Waals surface area (Å²) in [5.41, 5.74) is 2.19. The Morgan fingerprint density at radius 2 is 1.84 bits per heavy atom. The van der Waals surface area contributed by atoms with E-state index in [0.717, 1.165) is 11.3 Å². The van der Waals surface area contributed by atoms with E-state index in [1.807, 2.05) is 24.3 Å². The molecule has 1 amide bonds. The molecule has 1 N–H and O–H groups in total. The van der Waals surface area contributed by atoms with Crippen molar-refractivity contribution < 1.29 is 13.6 Å². The quantitative estimate of drug-likeness (QED) is 0.683. The Balaban J connectivity index is 1.57. The summed E-state index contributed by atoms with van der Waals surface area (Å²) in [6.07, 6.45) is 1.68. The summed E-state index contributed by atoms with van der Waals surface area (Å²) < 4.78 is 26.1. The average molecular weight is 361 g/mol. The Labute approximate surface area is 146 Å². The zero-order valence-corrected chi connectivity index (χ0v) is 13.7. The van der Waals surface area contributed by atoms with Crippen LogP contribution in [0, 0.1) is 0 Å².